The van der Waals surface area contributed by atoms with Gasteiger partial charge in [-0.1, -0.05) is 18.5 Å². The third kappa shape index (κ3) is 5.00. The molecule has 1 fully saturated rings. The number of ether oxygens (including phenoxy) is 1. The Balaban J connectivity index is 1.55. The van der Waals surface area contributed by atoms with Gasteiger partial charge in [-0.3, -0.25) is 4.90 Å². The molecule has 1 aliphatic carbocycles. The first-order chi connectivity index (χ1) is 15.8. The van der Waals surface area contributed by atoms with Gasteiger partial charge in [-0.25, -0.2) is 15.0 Å². The summed E-state index contributed by atoms with van der Waals surface area (Å²) >= 11 is 9.15. The number of rotatable bonds is 4. The lowest BCUT2D eigenvalue weighted by molar-refractivity contribution is -0.137. The number of fused-ring (bicyclic) bond motifs is 3. The first-order valence-electron chi connectivity index (χ1n) is 10.8. The highest BCUT2D eigenvalue weighted by atomic mass is 35.5. The normalized spacial score (nSPS) is 19.7. The van der Waals surface area contributed by atoms with E-state index in [9.17, 15) is 13.2 Å². The van der Waals surface area contributed by atoms with E-state index in [0.717, 1.165) is 54.8 Å². The maximum absolute atomic E-state index is 13.1. The molecule has 4 heterocycles. The van der Waals surface area contributed by atoms with Gasteiger partial charge >= 0.3 is 6.18 Å². The van der Waals surface area contributed by atoms with E-state index in [1.807, 2.05) is 0 Å². The van der Waals surface area contributed by atoms with Gasteiger partial charge in [0.15, 0.2) is 0 Å². The number of morpholine rings is 1. The summed E-state index contributed by atoms with van der Waals surface area (Å²) in [7, 11) is 0. The van der Waals surface area contributed by atoms with E-state index in [-0.39, 0.29) is 5.02 Å². The molecule has 0 N–H and O–H groups in total. The van der Waals surface area contributed by atoms with Crippen molar-refractivity contribution in [1.29, 1.82) is 0 Å². The number of aromatic nitrogens is 3. The predicted molar refractivity (Wildman–Crippen MR) is 123 cm³/mol. The molecule has 176 valence electrons. The zero-order valence-electron chi connectivity index (χ0n) is 17.9. The quantitative estimate of drug-likeness (QED) is 0.406. The van der Waals surface area contributed by atoms with Crippen LogP contribution in [-0.4, -0.2) is 46.2 Å². The highest BCUT2D eigenvalue weighted by Crippen LogP contribution is 2.44. The molecule has 5 rings (SSSR count). The average molecular weight is 515 g/mol. The maximum Gasteiger partial charge on any atom is 0.417 e. The van der Waals surface area contributed by atoms with Crippen molar-refractivity contribution < 1.29 is 17.9 Å². The molecule has 2 aliphatic rings. The Morgan fingerprint density at radius 1 is 1.24 bits per heavy atom. The lowest BCUT2D eigenvalue weighted by atomic mass is 9.89. The fraction of sp³-hybridized carbons (Fsp3) is 0.500. The van der Waals surface area contributed by atoms with E-state index in [2.05, 4.69) is 16.8 Å². The number of thiophene rings is 1. The smallest absolute Gasteiger partial charge is 0.379 e. The summed E-state index contributed by atoms with van der Waals surface area (Å²) in [6, 6.07) is 0.925. The Morgan fingerprint density at radius 2 is 2.03 bits per heavy atom. The van der Waals surface area contributed by atoms with Gasteiger partial charge in [0.25, 0.3) is 0 Å². The number of nitrogens with zero attached hydrogens (tertiary/aromatic N) is 4. The number of alkyl halides is 3. The van der Waals surface area contributed by atoms with E-state index in [1.54, 1.807) is 11.3 Å². The Morgan fingerprint density at radius 3 is 2.76 bits per heavy atom. The number of pyridine rings is 1. The predicted octanol–water partition coefficient (Wildman–Crippen LogP) is 5.87. The van der Waals surface area contributed by atoms with Crippen LogP contribution in [0.1, 0.15) is 35.2 Å². The minimum absolute atomic E-state index is 0.0333. The van der Waals surface area contributed by atoms with E-state index in [1.165, 1.54) is 22.2 Å². The Hall–Kier alpha value is -1.46. The SMILES string of the molecule is C[C@@H]1CCc2c(sc3nc(CN4CCOCC4)nc(Sc4ncc(C(F)(F)F)cc4Cl)c23)C1. The molecule has 1 atom stereocenters. The monoisotopic (exact) mass is 514 g/mol. The van der Waals surface area contributed by atoms with Gasteiger partial charge < -0.3 is 4.74 Å². The molecule has 3 aromatic heterocycles. The summed E-state index contributed by atoms with van der Waals surface area (Å²) in [5, 5.41) is 1.99. The molecule has 0 aromatic carbocycles. The molecular weight excluding hydrogens is 493 g/mol. The summed E-state index contributed by atoms with van der Waals surface area (Å²) in [6.07, 6.45) is -0.608. The molecular formula is C22H22ClF3N4OS2. The highest BCUT2D eigenvalue weighted by molar-refractivity contribution is 7.99. The van der Waals surface area contributed by atoms with Crippen molar-refractivity contribution in [1.82, 2.24) is 19.9 Å². The fourth-order valence-electron chi connectivity index (χ4n) is 4.20. The maximum atomic E-state index is 13.1. The number of hydrogen-bond acceptors (Lipinski definition) is 7. The Labute approximate surface area is 202 Å². The zero-order chi connectivity index (χ0) is 23.2. The van der Waals surface area contributed by atoms with Crippen molar-refractivity contribution in [2.45, 2.75) is 49.0 Å². The minimum Gasteiger partial charge on any atom is -0.379 e. The first kappa shape index (κ1) is 23.3. The van der Waals surface area contributed by atoms with E-state index in [4.69, 9.17) is 26.3 Å². The molecule has 11 heteroatoms. The van der Waals surface area contributed by atoms with E-state index >= 15 is 0 Å². The number of hydrogen-bond donors (Lipinski definition) is 0. The second-order valence-electron chi connectivity index (χ2n) is 8.48. The third-order valence-electron chi connectivity index (χ3n) is 5.97. The average Bonchev–Trinajstić information content (AvgIpc) is 3.12. The van der Waals surface area contributed by atoms with Crippen LogP contribution in [0, 0.1) is 5.92 Å². The summed E-state index contributed by atoms with van der Waals surface area (Å²) in [5.41, 5.74) is 0.399. The summed E-state index contributed by atoms with van der Waals surface area (Å²) in [5.74, 6) is 1.31. The van der Waals surface area contributed by atoms with Crippen LogP contribution < -0.4 is 0 Å². The fourth-order valence-corrected chi connectivity index (χ4v) is 6.87. The van der Waals surface area contributed by atoms with Crippen LogP contribution in [-0.2, 0) is 30.3 Å². The molecule has 33 heavy (non-hydrogen) atoms. The van der Waals surface area contributed by atoms with Gasteiger partial charge in [0.2, 0.25) is 0 Å². The summed E-state index contributed by atoms with van der Waals surface area (Å²) < 4.78 is 44.6. The highest BCUT2D eigenvalue weighted by Gasteiger charge is 2.32. The van der Waals surface area contributed by atoms with Crippen LogP contribution in [0.2, 0.25) is 5.02 Å². The first-order valence-corrected chi connectivity index (χ1v) is 12.8. The van der Waals surface area contributed by atoms with Crippen molar-refractivity contribution >= 4 is 44.9 Å². The number of aryl methyl sites for hydroxylation is 1. The molecule has 3 aromatic rings. The lowest BCUT2D eigenvalue weighted by Crippen LogP contribution is -2.36. The van der Waals surface area contributed by atoms with Crippen molar-refractivity contribution in [3.8, 4) is 0 Å². The van der Waals surface area contributed by atoms with Crippen LogP contribution >= 0.6 is 34.7 Å². The van der Waals surface area contributed by atoms with Gasteiger partial charge in [0, 0.05) is 29.5 Å². The van der Waals surface area contributed by atoms with Crippen LogP contribution in [0.15, 0.2) is 22.3 Å². The standard InChI is InChI=1S/C22H22ClF3N4OS2/c1-12-2-3-14-16(8-12)32-20-18(14)21(29-17(28-20)11-30-4-6-31-7-5-30)33-19-15(23)9-13(10-27-19)22(24,25)26/h9-10,12H,2-8,11H2,1H3/t12-/m1/s1. The molecule has 1 saturated heterocycles. The molecule has 0 saturated carbocycles. The molecule has 5 nitrogen and oxygen atoms in total. The van der Waals surface area contributed by atoms with Crippen molar-refractivity contribution in [3.63, 3.8) is 0 Å². The van der Waals surface area contributed by atoms with Crippen LogP contribution in [0.5, 0.6) is 0 Å². The van der Waals surface area contributed by atoms with Crippen LogP contribution in [0.4, 0.5) is 13.2 Å². The zero-order valence-corrected chi connectivity index (χ0v) is 20.3. The lowest BCUT2D eigenvalue weighted by Gasteiger charge is -2.25. The molecule has 1 aliphatic heterocycles. The van der Waals surface area contributed by atoms with Crippen LogP contribution in [0.25, 0.3) is 10.2 Å². The van der Waals surface area contributed by atoms with Crippen molar-refractivity contribution in [2.75, 3.05) is 26.3 Å². The second kappa shape index (κ2) is 9.30. The minimum atomic E-state index is -4.49. The third-order valence-corrected chi connectivity index (χ3v) is 8.52. The van der Waals surface area contributed by atoms with Crippen molar-refractivity contribution in [3.05, 3.63) is 39.1 Å². The van der Waals surface area contributed by atoms with Crippen LogP contribution in [0.3, 0.4) is 0 Å². The molecule has 0 unspecified atom stereocenters. The Bertz CT molecular complexity index is 1180. The number of halogens is 4. The van der Waals surface area contributed by atoms with Gasteiger partial charge in [-0.15, -0.1) is 11.3 Å². The van der Waals surface area contributed by atoms with Gasteiger partial charge in [0.05, 0.1) is 30.3 Å². The summed E-state index contributed by atoms with van der Waals surface area (Å²) in [4.78, 5) is 18.3. The second-order valence-corrected chi connectivity index (χ2v) is 10.9. The molecule has 0 amide bonds. The van der Waals surface area contributed by atoms with Gasteiger partial charge in [-0.05, 0) is 48.6 Å². The summed E-state index contributed by atoms with van der Waals surface area (Å²) in [6.45, 7) is 5.84. The molecule has 0 radical (unpaired) electrons. The molecule has 0 bridgehead atoms. The largest absolute Gasteiger partial charge is 0.417 e. The van der Waals surface area contributed by atoms with Gasteiger partial charge in [-0.2, -0.15) is 13.2 Å². The van der Waals surface area contributed by atoms with Crippen molar-refractivity contribution in [2.24, 2.45) is 5.92 Å². The molecule has 0 spiro atoms. The Kier molecular flexibility index (Phi) is 6.56. The van der Waals surface area contributed by atoms with E-state index in [0.29, 0.717) is 41.6 Å². The van der Waals surface area contributed by atoms with E-state index < -0.39 is 11.7 Å². The van der Waals surface area contributed by atoms with Gasteiger partial charge in [0.1, 0.15) is 20.7 Å². The topological polar surface area (TPSA) is 51.1 Å².